The lowest BCUT2D eigenvalue weighted by atomic mass is 10.1. The third-order valence-electron chi connectivity index (χ3n) is 4.16. The Bertz CT molecular complexity index is 646. The van der Waals surface area contributed by atoms with E-state index in [0.717, 1.165) is 31.0 Å². The zero-order valence-electron chi connectivity index (χ0n) is 14.3. The molecule has 0 aliphatic carbocycles. The lowest BCUT2D eigenvalue weighted by molar-refractivity contribution is 0.00822. The van der Waals surface area contributed by atoms with E-state index >= 15 is 0 Å². The molecule has 0 spiro atoms. The second-order valence-electron chi connectivity index (χ2n) is 6.59. The highest BCUT2D eigenvalue weighted by atomic mass is 32.1. The van der Waals surface area contributed by atoms with Crippen molar-refractivity contribution in [3.8, 4) is 0 Å². The molecule has 0 saturated carbocycles. The average Bonchev–Trinajstić information content (AvgIpc) is 3.07. The number of thiophene rings is 1. The molecule has 0 saturated heterocycles. The highest BCUT2D eigenvalue weighted by molar-refractivity contribution is 7.09. The van der Waals surface area contributed by atoms with Gasteiger partial charge in [-0.25, -0.2) is 9.97 Å². The van der Waals surface area contributed by atoms with Crippen LogP contribution >= 0.6 is 11.3 Å². The molecule has 1 N–H and O–H groups in total. The van der Waals surface area contributed by atoms with Crippen LogP contribution in [0.1, 0.15) is 41.7 Å². The number of rotatable bonds is 7. The molecular formula is C18H25N3O2S. The number of hydrogen-bond donors (Lipinski definition) is 1. The summed E-state index contributed by atoms with van der Waals surface area (Å²) in [6.07, 6.45) is 2.43. The quantitative estimate of drug-likeness (QED) is 0.834. The van der Waals surface area contributed by atoms with Crippen LogP contribution in [0.3, 0.4) is 0 Å². The minimum absolute atomic E-state index is 0.335. The molecule has 5 nitrogen and oxygen atoms in total. The summed E-state index contributed by atoms with van der Waals surface area (Å²) in [5.41, 5.74) is 2.34. The second kappa shape index (κ2) is 8.16. The number of aliphatic hydroxyl groups is 1. The van der Waals surface area contributed by atoms with Gasteiger partial charge in [0.15, 0.2) is 0 Å². The first-order valence-electron chi connectivity index (χ1n) is 8.47. The van der Waals surface area contributed by atoms with E-state index in [-0.39, 0.29) is 0 Å². The van der Waals surface area contributed by atoms with Gasteiger partial charge in [0, 0.05) is 36.6 Å². The van der Waals surface area contributed by atoms with Crippen LogP contribution in [0, 0.1) is 0 Å². The number of aromatic nitrogens is 2. The summed E-state index contributed by atoms with van der Waals surface area (Å²) in [4.78, 5) is 12.6. The van der Waals surface area contributed by atoms with Gasteiger partial charge < -0.3 is 9.84 Å². The monoisotopic (exact) mass is 347 g/mol. The normalized spacial score (nSPS) is 16.3. The molecule has 2 aromatic rings. The molecule has 0 radical (unpaired) electrons. The number of nitrogens with zero attached hydrogens (tertiary/aromatic N) is 3. The van der Waals surface area contributed by atoms with Crippen LogP contribution in [0.15, 0.2) is 23.7 Å². The van der Waals surface area contributed by atoms with E-state index in [1.807, 2.05) is 23.7 Å². The van der Waals surface area contributed by atoms with Gasteiger partial charge in [0.1, 0.15) is 5.82 Å². The molecule has 1 unspecified atom stereocenters. The van der Waals surface area contributed by atoms with Crippen LogP contribution in [-0.2, 0) is 24.3 Å². The molecular weight excluding hydrogens is 322 g/mol. The zero-order valence-corrected chi connectivity index (χ0v) is 15.1. The first-order valence-corrected chi connectivity index (χ1v) is 9.35. The summed E-state index contributed by atoms with van der Waals surface area (Å²) in [6.45, 7) is 7.47. The molecule has 3 rings (SSSR count). The van der Waals surface area contributed by atoms with E-state index in [1.165, 1.54) is 10.4 Å². The molecule has 1 atom stereocenters. The van der Waals surface area contributed by atoms with Crippen LogP contribution < -0.4 is 0 Å². The van der Waals surface area contributed by atoms with Gasteiger partial charge in [-0.2, -0.15) is 0 Å². The maximum Gasteiger partial charge on any atom is 0.131 e. The van der Waals surface area contributed by atoms with Crippen molar-refractivity contribution in [2.24, 2.45) is 0 Å². The second-order valence-corrected chi connectivity index (χ2v) is 7.62. The predicted molar refractivity (Wildman–Crippen MR) is 95.1 cm³/mol. The van der Waals surface area contributed by atoms with Gasteiger partial charge in [0.2, 0.25) is 0 Å². The lowest BCUT2D eigenvalue weighted by Gasteiger charge is -2.29. The molecule has 3 heterocycles. The summed E-state index contributed by atoms with van der Waals surface area (Å²) in [7, 11) is 0. The number of aliphatic hydroxyl groups excluding tert-OH is 1. The van der Waals surface area contributed by atoms with E-state index in [2.05, 4.69) is 23.7 Å². The Balaban J connectivity index is 1.48. The summed E-state index contributed by atoms with van der Waals surface area (Å²) in [5, 5.41) is 12.3. The molecule has 0 fully saturated rings. The van der Waals surface area contributed by atoms with Gasteiger partial charge in [-0.3, -0.25) is 4.90 Å². The van der Waals surface area contributed by atoms with Crippen molar-refractivity contribution >= 4 is 11.3 Å². The third kappa shape index (κ3) is 4.60. The summed E-state index contributed by atoms with van der Waals surface area (Å²) in [6, 6.07) is 4.06. The van der Waals surface area contributed by atoms with Crippen molar-refractivity contribution in [2.75, 3.05) is 19.7 Å². The first kappa shape index (κ1) is 17.5. The molecule has 1 aliphatic rings. The topological polar surface area (TPSA) is 58.5 Å². The van der Waals surface area contributed by atoms with Gasteiger partial charge >= 0.3 is 0 Å². The van der Waals surface area contributed by atoms with Crippen molar-refractivity contribution in [1.29, 1.82) is 0 Å². The van der Waals surface area contributed by atoms with Gasteiger partial charge in [-0.05, 0) is 23.4 Å². The van der Waals surface area contributed by atoms with E-state index in [9.17, 15) is 5.11 Å². The van der Waals surface area contributed by atoms with E-state index in [4.69, 9.17) is 9.72 Å². The average molecular weight is 347 g/mol. The van der Waals surface area contributed by atoms with Crippen LogP contribution in [0.2, 0.25) is 0 Å². The molecule has 6 heteroatoms. The largest absolute Gasteiger partial charge is 0.389 e. The Morgan fingerprint density at radius 2 is 2.29 bits per heavy atom. The summed E-state index contributed by atoms with van der Waals surface area (Å²) in [5.74, 6) is 1.23. The van der Waals surface area contributed by atoms with Crippen LogP contribution in [0.4, 0.5) is 0 Å². The van der Waals surface area contributed by atoms with E-state index in [0.29, 0.717) is 25.7 Å². The lowest BCUT2D eigenvalue weighted by Crippen LogP contribution is -2.38. The van der Waals surface area contributed by atoms with Crippen LogP contribution in [0.5, 0.6) is 0 Å². The zero-order chi connectivity index (χ0) is 16.9. The fourth-order valence-corrected chi connectivity index (χ4v) is 3.49. The minimum atomic E-state index is -0.474. The predicted octanol–water partition coefficient (Wildman–Crippen LogP) is 2.60. The number of fused-ring (bicyclic) bond motifs is 1. The molecule has 1 aliphatic heterocycles. The maximum absolute atomic E-state index is 10.2. The van der Waals surface area contributed by atoms with Crippen LogP contribution in [-0.4, -0.2) is 45.8 Å². The number of ether oxygens (including phenoxy) is 1. The number of β-amino-alcohol motifs (C(OH)–C–C–N with tert-alkyl or cyclic N) is 1. The molecule has 24 heavy (non-hydrogen) atoms. The van der Waals surface area contributed by atoms with E-state index in [1.54, 1.807) is 11.3 Å². The number of hydrogen-bond acceptors (Lipinski definition) is 6. The van der Waals surface area contributed by atoms with Crippen molar-refractivity contribution in [3.63, 3.8) is 0 Å². The van der Waals surface area contributed by atoms with Gasteiger partial charge in [0.25, 0.3) is 0 Å². The Kier molecular flexibility index (Phi) is 5.94. The smallest absolute Gasteiger partial charge is 0.131 e. The Morgan fingerprint density at radius 3 is 3.04 bits per heavy atom. The van der Waals surface area contributed by atoms with Crippen molar-refractivity contribution in [3.05, 3.63) is 45.7 Å². The van der Waals surface area contributed by atoms with Crippen molar-refractivity contribution in [1.82, 2.24) is 14.9 Å². The first-order chi connectivity index (χ1) is 11.6. The standard InChI is InChI=1S/C18H25N3O2S/c1-13(2)18-19-8-14-5-6-21(10-17(14)20-18)9-15(22)11-23-12-16-4-3-7-24-16/h3-4,7-8,13,15,22H,5-6,9-12H2,1-2H3. The molecule has 0 amide bonds. The third-order valence-corrected chi connectivity index (χ3v) is 5.01. The fraction of sp³-hybridized carbons (Fsp3) is 0.556. The SMILES string of the molecule is CC(C)c1ncc2c(n1)CN(CC(O)COCc1cccs1)CC2. The minimum Gasteiger partial charge on any atom is -0.389 e. The highest BCUT2D eigenvalue weighted by Gasteiger charge is 2.21. The van der Waals surface area contributed by atoms with Crippen molar-refractivity contribution in [2.45, 2.75) is 45.4 Å². The summed E-state index contributed by atoms with van der Waals surface area (Å²) < 4.78 is 5.61. The molecule has 0 aromatic carbocycles. The van der Waals surface area contributed by atoms with E-state index < -0.39 is 6.10 Å². The summed E-state index contributed by atoms with van der Waals surface area (Å²) >= 11 is 1.67. The molecule has 2 aromatic heterocycles. The maximum atomic E-state index is 10.2. The Hall–Kier alpha value is -1.34. The van der Waals surface area contributed by atoms with Crippen LogP contribution in [0.25, 0.3) is 0 Å². The van der Waals surface area contributed by atoms with Gasteiger partial charge in [-0.15, -0.1) is 11.3 Å². The van der Waals surface area contributed by atoms with Gasteiger partial charge in [-0.1, -0.05) is 19.9 Å². The highest BCUT2D eigenvalue weighted by Crippen LogP contribution is 2.19. The fourth-order valence-electron chi connectivity index (χ4n) is 2.85. The Labute approximate surface area is 147 Å². The molecule has 0 bridgehead atoms. The Morgan fingerprint density at radius 1 is 1.42 bits per heavy atom. The van der Waals surface area contributed by atoms with Crippen molar-refractivity contribution < 1.29 is 9.84 Å². The van der Waals surface area contributed by atoms with Gasteiger partial charge in [0.05, 0.1) is 25.0 Å². The molecule has 130 valence electrons.